The lowest BCUT2D eigenvalue weighted by atomic mass is 9.75. The summed E-state index contributed by atoms with van der Waals surface area (Å²) in [7, 11) is 0. The van der Waals surface area contributed by atoms with Crippen LogP contribution >= 0.6 is 11.6 Å². The number of hydrogen-bond donors (Lipinski definition) is 1. The normalized spacial score (nSPS) is 22.9. The van der Waals surface area contributed by atoms with Crippen LogP contribution in [0.5, 0.6) is 0 Å². The van der Waals surface area contributed by atoms with Crippen molar-refractivity contribution in [3.63, 3.8) is 0 Å². The second-order valence-electron chi connectivity index (χ2n) is 5.42. The van der Waals surface area contributed by atoms with E-state index in [1.807, 2.05) is 12.3 Å². The number of halogens is 1. The zero-order valence-electron chi connectivity index (χ0n) is 9.83. The van der Waals surface area contributed by atoms with E-state index in [4.69, 9.17) is 11.6 Å². The highest BCUT2D eigenvalue weighted by atomic mass is 35.5. The molecule has 1 aliphatic rings. The third-order valence-corrected chi connectivity index (χ3v) is 3.33. The van der Waals surface area contributed by atoms with E-state index in [1.165, 1.54) is 5.69 Å². The Morgan fingerprint density at radius 3 is 3.00 bits per heavy atom. The fourth-order valence-electron chi connectivity index (χ4n) is 2.52. The summed E-state index contributed by atoms with van der Waals surface area (Å²) >= 11 is 5.84. The predicted molar refractivity (Wildman–Crippen MR) is 66.5 cm³/mol. The molecule has 1 aliphatic carbocycles. The van der Waals surface area contributed by atoms with E-state index in [0.29, 0.717) is 11.6 Å². The van der Waals surface area contributed by atoms with Gasteiger partial charge in [0.25, 0.3) is 0 Å². The molecule has 0 spiro atoms. The van der Waals surface area contributed by atoms with Crippen molar-refractivity contribution in [3.05, 3.63) is 35.1 Å². The van der Waals surface area contributed by atoms with E-state index in [2.05, 4.69) is 25.0 Å². The van der Waals surface area contributed by atoms with Crippen LogP contribution < -0.4 is 0 Å². The Kier molecular flexibility index (Phi) is 2.89. The highest BCUT2D eigenvalue weighted by Gasteiger charge is 2.33. The van der Waals surface area contributed by atoms with Gasteiger partial charge in [-0.2, -0.15) is 0 Å². The Hall–Kier alpha value is -0.730. The molecule has 2 nitrogen and oxygen atoms in total. The number of fused-ring (bicyclic) bond motifs is 1. The molecule has 3 heteroatoms. The van der Waals surface area contributed by atoms with Gasteiger partial charge in [0, 0.05) is 22.5 Å². The van der Waals surface area contributed by atoms with Gasteiger partial charge in [0.15, 0.2) is 0 Å². The number of nitrogens with zero attached hydrogens (tertiary/aromatic N) is 1. The Morgan fingerprint density at radius 1 is 1.69 bits per heavy atom. The molecule has 1 heterocycles. The molecule has 0 saturated carbocycles. The largest absolute Gasteiger partial charge is 0.388 e. The average molecular weight is 240 g/mol. The summed E-state index contributed by atoms with van der Waals surface area (Å²) in [6, 6.07) is 2.00. The van der Waals surface area contributed by atoms with Crippen molar-refractivity contribution in [1.29, 1.82) is 0 Å². The summed E-state index contributed by atoms with van der Waals surface area (Å²) in [5, 5.41) is 10.7. The summed E-state index contributed by atoms with van der Waals surface area (Å²) < 4.78 is 2.09. The third-order valence-electron chi connectivity index (χ3n) is 3.21. The first-order valence-electron chi connectivity index (χ1n) is 5.58. The number of aromatic nitrogens is 1. The molecule has 88 valence electrons. The van der Waals surface area contributed by atoms with Crippen molar-refractivity contribution in [3.8, 4) is 0 Å². The van der Waals surface area contributed by atoms with Crippen LogP contribution in [0, 0.1) is 5.41 Å². The van der Waals surface area contributed by atoms with Crippen molar-refractivity contribution >= 4 is 11.6 Å². The molecule has 1 aromatic heterocycles. The molecule has 0 aromatic carbocycles. The van der Waals surface area contributed by atoms with Gasteiger partial charge in [-0.05, 0) is 24.3 Å². The molecule has 16 heavy (non-hydrogen) atoms. The molecule has 1 atom stereocenters. The van der Waals surface area contributed by atoms with Crippen LogP contribution in [0.3, 0.4) is 0 Å². The summed E-state index contributed by atoms with van der Waals surface area (Å²) in [5.41, 5.74) is 2.40. The molecule has 2 rings (SSSR count). The maximum absolute atomic E-state index is 10.1. The van der Waals surface area contributed by atoms with Crippen molar-refractivity contribution in [2.24, 2.45) is 5.41 Å². The number of aliphatic hydroxyl groups is 1. The first kappa shape index (κ1) is 11.7. The minimum absolute atomic E-state index is 0.149. The molecule has 0 aliphatic heterocycles. The monoisotopic (exact) mass is 239 g/mol. The van der Waals surface area contributed by atoms with Crippen LogP contribution in [0.1, 0.15) is 37.6 Å². The lowest BCUT2D eigenvalue weighted by Gasteiger charge is -2.33. The Labute approximate surface area is 102 Å². The molecular formula is C13H18ClNO. The van der Waals surface area contributed by atoms with Crippen molar-refractivity contribution in [2.75, 3.05) is 0 Å². The number of rotatable bonds is 2. The zero-order chi connectivity index (χ0) is 11.9. The van der Waals surface area contributed by atoms with E-state index < -0.39 is 0 Å². The maximum atomic E-state index is 10.1. The average Bonchev–Trinajstić information content (AvgIpc) is 2.45. The molecule has 0 radical (unpaired) electrons. The smallest absolute Gasteiger partial charge is 0.0812 e. The lowest BCUT2D eigenvalue weighted by Crippen LogP contribution is -2.26. The van der Waals surface area contributed by atoms with Gasteiger partial charge in [-0.1, -0.05) is 32.0 Å². The van der Waals surface area contributed by atoms with Crippen LogP contribution in [0.2, 0.25) is 0 Å². The fourth-order valence-corrected chi connectivity index (χ4v) is 2.65. The second-order valence-corrected chi connectivity index (χ2v) is 5.96. The van der Waals surface area contributed by atoms with Gasteiger partial charge in [0.05, 0.1) is 12.6 Å². The number of allylic oxidation sites excluding steroid dienone is 1. The van der Waals surface area contributed by atoms with Crippen LogP contribution in [0.15, 0.2) is 23.9 Å². The van der Waals surface area contributed by atoms with E-state index >= 15 is 0 Å². The summed E-state index contributed by atoms with van der Waals surface area (Å²) in [5.74, 6) is 0. The van der Waals surface area contributed by atoms with E-state index in [-0.39, 0.29) is 11.5 Å². The molecule has 0 fully saturated rings. The molecule has 1 N–H and O–H groups in total. The van der Waals surface area contributed by atoms with Gasteiger partial charge < -0.3 is 9.67 Å². The molecule has 1 unspecified atom stereocenters. The van der Waals surface area contributed by atoms with Crippen molar-refractivity contribution in [1.82, 2.24) is 4.57 Å². The molecule has 0 amide bonds. The maximum Gasteiger partial charge on any atom is 0.0812 e. The molecule has 1 aromatic rings. The fraction of sp³-hybridized carbons (Fsp3) is 0.538. The highest BCUT2D eigenvalue weighted by Crippen LogP contribution is 2.41. The Balaban J connectivity index is 2.37. The molecular weight excluding hydrogens is 222 g/mol. The van der Waals surface area contributed by atoms with E-state index in [1.54, 1.807) is 0 Å². The Bertz CT molecular complexity index is 420. The van der Waals surface area contributed by atoms with Crippen molar-refractivity contribution < 1.29 is 5.11 Å². The lowest BCUT2D eigenvalue weighted by molar-refractivity contribution is 0.0981. The van der Waals surface area contributed by atoms with Gasteiger partial charge in [-0.3, -0.25) is 0 Å². The van der Waals surface area contributed by atoms with Gasteiger partial charge in [0.2, 0.25) is 0 Å². The van der Waals surface area contributed by atoms with E-state index in [9.17, 15) is 5.11 Å². The van der Waals surface area contributed by atoms with Gasteiger partial charge in [-0.15, -0.1) is 0 Å². The number of aliphatic hydroxyl groups excluding tert-OH is 1. The van der Waals surface area contributed by atoms with Crippen LogP contribution in [-0.2, 0) is 13.0 Å². The quantitative estimate of drug-likeness (QED) is 0.842. The molecule has 0 bridgehead atoms. The van der Waals surface area contributed by atoms with Crippen LogP contribution in [0.4, 0.5) is 0 Å². The Morgan fingerprint density at radius 2 is 2.38 bits per heavy atom. The summed E-state index contributed by atoms with van der Waals surface area (Å²) in [6.07, 6.45) is 3.45. The van der Waals surface area contributed by atoms with E-state index in [0.717, 1.165) is 18.4 Å². The topological polar surface area (TPSA) is 25.2 Å². The van der Waals surface area contributed by atoms with Gasteiger partial charge in [0.1, 0.15) is 0 Å². The molecule has 0 saturated heterocycles. The van der Waals surface area contributed by atoms with Crippen molar-refractivity contribution in [2.45, 2.75) is 39.3 Å². The minimum atomic E-state index is -0.344. The summed E-state index contributed by atoms with van der Waals surface area (Å²) in [6.45, 7) is 8.71. The van der Waals surface area contributed by atoms with Gasteiger partial charge in [-0.25, -0.2) is 0 Å². The first-order chi connectivity index (χ1) is 7.39. The number of hydrogen-bond acceptors (Lipinski definition) is 1. The van der Waals surface area contributed by atoms with Crippen LogP contribution in [0.25, 0.3) is 0 Å². The second kappa shape index (κ2) is 3.94. The SMILES string of the molecule is C=C(Cl)Cn1ccc2c1CC(C)(C)CC2O. The minimum Gasteiger partial charge on any atom is -0.388 e. The van der Waals surface area contributed by atoms with Gasteiger partial charge >= 0.3 is 0 Å². The standard InChI is InChI=1S/C13H18ClNO/c1-9(14)8-15-5-4-10-11(15)6-13(2,3)7-12(10)16/h4-5,12,16H,1,6-8H2,2-3H3. The zero-order valence-corrected chi connectivity index (χ0v) is 10.6. The first-order valence-corrected chi connectivity index (χ1v) is 5.96. The predicted octanol–water partition coefficient (Wildman–Crippen LogP) is 3.25. The third kappa shape index (κ3) is 2.18. The summed E-state index contributed by atoms with van der Waals surface area (Å²) in [4.78, 5) is 0. The van der Waals surface area contributed by atoms with Crippen LogP contribution in [-0.4, -0.2) is 9.67 Å². The highest BCUT2D eigenvalue weighted by molar-refractivity contribution is 6.29.